The Morgan fingerprint density at radius 2 is 1.65 bits per heavy atom. The number of halogens is 2. The molecule has 4 aliphatic rings. The van der Waals surface area contributed by atoms with Gasteiger partial charge in [-0.2, -0.15) is 5.10 Å². The van der Waals surface area contributed by atoms with Gasteiger partial charge in [0.1, 0.15) is 17.3 Å². The first kappa shape index (κ1) is 35.0. The highest BCUT2D eigenvalue weighted by Crippen LogP contribution is 2.64. The molecule has 54 heavy (non-hydrogen) atoms. The Morgan fingerprint density at radius 1 is 0.870 bits per heavy atom. The predicted octanol–water partition coefficient (Wildman–Crippen LogP) is 8.67. The van der Waals surface area contributed by atoms with Gasteiger partial charge in [0.15, 0.2) is 0 Å². The van der Waals surface area contributed by atoms with E-state index in [1.807, 2.05) is 51.1 Å². The van der Waals surface area contributed by atoms with Crippen molar-refractivity contribution < 1.29 is 24.3 Å². The molecule has 3 fully saturated rings. The SMILES string of the molecule is Cc1cc([C@H]2C3=CC[C@@H]4C(=O)N(c5ccc(C)c(Cl)c5)C(=O)[C@@H]4[C@@H]3C[C@H]3C(=O)N(c4cc(-c5sc6ccc(Cl)cc6c5C)nn4C)C(=O)[C@@]23C)ccc1O. The summed E-state index contributed by atoms with van der Waals surface area (Å²) in [7, 11) is 1.73. The van der Waals surface area contributed by atoms with E-state index in [1.165, 1.54) is 9.80 Å². The van der Waals surface area contributed by atoms with Gasteiger partial charge in [-0.05, 0) is 110 Å². The number of amides is 4. The lowest BCUT2D eigenvalue weighted by Gasteiger charge is -2.49. The lowest BCUT2D eigenvalue weighted by Crippen LogP contribution is -2.49. The van der Waals surface area contributed by atoms with Gasteiger partial charge in [-0.15, -0.1) is 11.3 Å². The van der Waals surface area contributed by atoms with E-state index in [0.717, 1.165) is 37.2 Å². The number of carbonyl (C=O) groups excluding carboxylic acids is 4. The van der Waals surface area contributed by atoms with E-state index >= 15 is 4.79 Å². The van der Waals surface area contributed by atoms with Crippen LogP contribution in [0.1, 0.15) is 47.9 Å². The normalized spacial score (nSPS) is 26.4. The molecule has 0 bridgehead atoms. The van der Waals surface area contributed by atoms with Crippen LogP contribution in [0.15, 0.2) is 72.3 Å². The van der Waals surface area contributed by atoms with Crippen molar-refractivity contribution in [3.05, 3.63) is 105 Å². The predicted molar refractivity (Wildman–Crippen MR) is 210 cm³/mol. The Bertz CT molecular complexity index is 2560. The number of aryl methyl sites for hydroxylation is 4. The van der Waals surface area contributed by atoms with Crippen LogP contribution < -0.4 is 9.80 Å². The van der Waals surface area contributed by atoms with Crippen molar-refractivity contribution in [3.8, 4) is 16.3 Å². The number of imide groups is 2. The van der Waals surface area contributed by atoms with Crippen molar-refractivity contribution in [3.63, 3.8) is 0 Å². The summed E-state index contributed by atoms with van der Waals surface area (Å²) >= 11 is 14.3. The molecule has 2 saturated heterocycles. The molecule has 6 atom stereocenters. The van der Waals surface area contributed by atoms with Gasteiger partial charge >= 0.3 is 0 Å². The standard InChI is InChI=1S/C42H36Cl2N4O5S/c1-19-6-9-24(16-30(19)44)47-38(50)26-11-10-25-28(35(26)40(47)52)17-29-39(51)48(41(53)42(29,4)36(25)22-7-12-32(49)20(2)14-22)34-18-31(45-46(34)5)37-21(3)27-15-23(43)8-13-33(27)54-37/h6-10,12-16,18,26,28-29,35-36,49H,11,17H2,1-5H3/t26-,28+,29-,35-,36-,42+/m0/s1. The molecular formula is C42H36Cl2N4O5S. The van der Waals surface area contributed by atoms with Crippen molar-refractivity contribution in [2.45, 2.75) is 46.5 Å². The van der Waals surface area contributed by atoms with E-state index in [-0.39, 0.29) is 35.8 Å². The number of hydrogen-bond acceptors (Lipinski definition) is 7. The average molecular weight is 780 g/mol. The van der Waals surface area contributed by atoms with E-state index in [4.69, 9.17) is 28.3 Å². The molecule has 4 heterocycles. The van der Waals surface area contributed by atoms with Crippen LogP contribution in [0.25, 0.3) is 20.7 Å². The first-order valence-electron chi connectivity index (χ1n) is 18.0. The van der Waals surface area contributed by atoms with E-state index in [1.54, 1.807) is 66.4 Å². The first-order valence-corrected chi connectivity index (χ1v) is 19.5. The minimum absolute atomic E-state index is 0.117. The number of allylic oxidation sites excluding steroid dienone is 2. The number of aromatic hydroxyl groups is 1. The number of hydrogen-bond donors (Lipinski definition) is 1. The molecular weight excluding hydrogens is 743 g/mol. The Kier molecular flexibility index (Phi) is 7.85. The maximum absolute atomic E-state index is 15.1. The number of carbonyl (C=O) groups is 4. The summed E-state index contributed by atoms with van der Waals surface area (Å²) in [4.78, 5) is 61.9. The lowest BCUT2D eigenvalue weighted by atomic mass is 9.51. The Hall–Kier alpha value is -4.77. The Morgan fingerprint density at radius 3 is 2.39 bits per heavy atom. The molecule has 4 amide bonds. The van der Waals surface area contributed by atoms with Gasteiger partial charge in [-0.3, -0.25) is 23.9 Å². The van der Waals surface area contributed by atoms with E-state index in [9.17, 15) is 19.5 Å². The van der Waals surface area contributed by atoms with Crippen LogP contribution in [0.3, 0.4) is 0 Å². The summed E-state index contributed by atoms with van der Waals surface area (Å²) in [5.74, 6) is -4.06. The second kappa shape index (κ2) is 12.1. The second-order valence-corrected chi connectivity index (χ2v) is 17.3. The smallest absolute Gasteiger partial charge is 0.242 e. The van der Waals surface area contributed by atoms with Gasteiger partial charge < -0.3 is 5.11 Å². The maximum atomic E-state index is 15.1. The van der Waals surface area contributed by atoms with Crippen LogP contribution in [-0.4, -0.2) is 38.5 Å². The third-order valence-corrected chi connectivity index (χ3v) is 14.4. The highest BCUT2D eigenvalue weighted by Gasteiger charge is 2.68. The first-order chi connectivity index (χ1) is 25.7. The number of phenolic OH excluding ortho intramolecular Hbond substituents is 1. The van der Waals surface area contributed by atoms with Gasteiger partial charge in [0.05, 0.1) is 33.7 Å². The number of benzene rings is 3. The van der Waals surface area contributed by atoms with Crippen LogP contribution >= 0.6 is 34.5 Å². The van der Waals surface area contributed by atoms with Crippen molar-refractivity contribution >= 4 is 79.8 Å². The average Bonchev–Trinajstić information content (AvgIpc) is 3.81. The highest BCUT2D eigenvalue weighted by atomic mass is 35.5. The molecule has 2 aliphatic heterocycles. The number of thiophene rings is 1. The van der Waals surface area contributed by atoms with E-state index in [2.05, 4.69) is 0 Å². The monoisotopic (exact) mass is 778 g/mol. The molecule has 2 aromatic heterocycles. The molecule has 12 heteroatoms. The number of rotatable bonds is 4. The van der Waals surface area contributed by atoms with E-state index in [0.29, 0.717) is 39.2 Å². The highest BCUT2D eigenvalue weighted by molar-refractivity contribution is 7.22. The van der Waals surface area contributed by atoms with Gasteiger partial charge in [0, 0.05) is 33.8 Å². The zero-order chi connectivity index (χ0) is 38.1. The fraction of sp³-hybridized carbons (Fsp3) is 0.310. The number of anilines is 2. The summed E-state index contributed by atoms with van der Waals surface area (Å²) in [6, 6.07) is 18.0. The summed E-state index contributed by atoms with van der Waals surface area (Å²) < 4.78 is 2.63. The van der Waals surface area contributed by atoms with Gasteiger partial charge in [-0.25, -0.2) is 9.80 Å². The number of fused-ring (bicyclic) bond motifs is 5. The Labute approximate surface area is 325 Å². The fourth-order valence-corrected chi connectivity index (χ4v) is 11.2. The summed E-state index contributed by atoms with van der Waals surface area (Å²) in [6.07, 6.45) is 2.57. The maximum Gasteiger partial charge on any atom is 0.242 e. The number of nitrogens with zero attached hydrogens (tertiary/aromatic N) is 4. The molecule has 5 aromatic rings. The molecule has 9 rings (SSSR count). The summed E-state index contributed by atoms with van der Waals surface area (Å²) in [5, 5.41) is 17.4. The molecule has 0 radical (unpaired) electrons. The van der Waals surface area contributed by atoms with Gasteiger partial charge in [-0.1, -0.05) is 53.1 Å². The minimum atomic E-state index is -1.24. The summed E-state index contributed by atoms with van der Waals surface area (Å²) in [6.45, 7) is 7.52. The molecule has 0 spiro atoms. The number of phenols is 1. The zero-order valence-corrected chi connectivity index (χ0v) is 32.5. The van der Waals surface area contributed by atoms with Crippen molar-refractivity contribution in [2.75, 3.05) is 9.80 Å². The number of aromatic nitrogens is 2. The fourth-order valence-electron chi connectivity index (χ4n) is 9.66. The van der Waals surface area contributed by atoms with Crippen LogP contribution in [0, 0.1) is 49.9 Å². The summed E-state index contributed by atoms with van der Waals surface area (Å²) in [5.41, 5.74) is 3.93. The van der Waals surface area contributed by atoms with Crippen molar-refractivity contribution in [2.24, 2.45) is 36.1 Å². The van der Waals surface area contributed by atoms with Gasteiger partial charge in [0.2, 0.25) is 23.6 Å². The quantitative estimate of drug-likeness (QED) is 0.144. The van der Waals surface area contributed by atoms with Crippen molar-refractivity contribution in [1.82, 2.24) is 9.78 Å². The Balaban J connectivity index is 1.15. The molecule has 0 unspecified atom stereocenters. The van der Waals surface area contributed by atoms with Crippen LogP contribution in [0.5, 0.6) is 5.75 Å². The molecule has 9 nitrogen and oxygen atoms in total. The van der Waals surface area contributed by atoms with Gasteiger partial charge in [0.25, 0.3) is 0 Å². The molecule has 3 aromatic carbocycles. The van der Waals surface area contributed by atoms with Crippen LogP contribution in [0.4, 0.5) is 11.5 Å². The molecule has 1 saturated carbocycles. The molecule has 1 N–H and O–H groups in total. The topological polar surface area (TPSA) is 113 Å². The third-order valence-electron chi connectivity index (χ3n) is 12.5. The minimum Gasteiger partial charge on any atom is -0.508 e. The van der Waals surface area contributed by atoms with Crippen LogP contribution in [-0.2, 0) is 26.2 Å². The molecule has 2 aliphatic carbocycles. The third kappa shape index (κ3) is 4.79. The molecule has 274 valence electrons. The zero-order valence-electron chi connectivity index (χ0n) is 30.2. The van der Waals surface area contributed by atoms with Crippen LogP contribution in [0.2, 0.25) is 10.0 Å². The lowest BCUT2D eigenvalue weighted by molar-refractivity contribution is -0.131. The largest absolute Gasteiger partial charge is 0.508 e. The second-order valence-electron chi connectivity index (χ2n) is 15.4. The van der Waals surface area contributed by atoms with E-state index < -0.39 is 35.0 Å². The van der Waals surface area contributed by atoms with Crippen molar-refractivity contribution in [1.29, 1.82) is 0 Å².